The monoisotopic (exact) mass is 381 g/mol. The maximum absolute atomic E-state index is 11.9. The summed E-state index contributed by atoms with van der Waals surface area (Å²) in [6.07, 6.45) is 6.19. The minimum Gasteiger partial charge on any atom is -0.348 e. The molecule has 0 radical (unpaired) electrons. The van der Waals surface area contributed by atoms with Gasteiger partial charge in [-0.1, -0.05) is 24.3 Å². The Morgan fingerprint density at radius 1 is 1.08 bits per heavy atom. The van der Waals surface area contributed by atoms with Gasteiger partial charge >= 0.3 is 0 Å². The summed E-state index contributed by atoms with van der Waals surface area (Å²) in [6.45, 7) is 3.37. The number of hydrogen-bond donors (Lipinski definition) is 2. The molecule has 0 aliphatic heterocycles. The molecule has 1 atom stereocenters. The zero-order valence-electron chi connectivity index (χ0n) is 14.3. The van der Waals surface area contributed by atoms with Gasteiger partial charge in [-0.2, -0.15) is 0 Å². The predicted octanol–water partition coefficient (Wildman–Crippen LogP) is 3.77. The van der Waals surface area contributed by atoms with Gasteiger partial charge in [0.05, 0.1) is 12.6 Å². The van der Waals surface area contributed by atoms with Crippen LogP contribution in [0, 0.1) is 5.92 Å². The Morgan fingerprint density at radius 2 is 1.68 bits per heavy atom. The fourth-order valence-corrected chi connectivity index (χ4v) is 2.60. The number of halogens is 2. The van der Waals surface area contributed by atoms with Crippen molar-refractivity contribution < 1.29 is 4.79 Å². The largest absolute Gasteiger partial charge is 0.348 e. The van der Waals surface area contributed by atoms with Crippen LogP contribution in [0.5, 0.6) is 0 Å². The van der Waals surface area contributed by atoms with Crippen LogP contribution < -0.4 is 10.6 Å². The first-order valence-corrected chi connectivity index (χ1v) is 8.23. The summed E-state index contributed by atoms with van der Waals surface area (Å²) >= 11 is 0. The summed E-state index contributed by atoms with van der Waals surface area (Å²) in [7, 11) is 0. The van der Waals surface area contributed by atoms with Gasteiger partial charge in [-0.15, -0.1) is 24.8 Å². The van der Waals surface area contributed by atoms with Crippen LogP contribution in [-0.2, 0) is 4.79 Å². The maximum Gasteiger partial charge on any atom is 0.234 e. The second kappa shape index (κ2) is 10.4. The number of amides is 1. The summed E-state index contributed by atoms with van der Waals surface area (Å²) in [5.41, 5.74) is 3.41. The Balaban J connectivity index is 0.00000156. The number of benzene rings is 1. The van der Waals surface area contributed by atoms with Crippen LogP contribution in [0.15, 0.2) is 48.8 Å². The Kier molecular flexibility index (Phi) is 8.90. The molecule has 0 saturated heterocycles. The number of rotatable bonds is 7. The third kappa shape index (κ3) is 6.65. The Bertz CT molecular complexity index is 645. The van der Waals surface area contributed by atoms with Gasteiger partial charge in [-0.25, -0.2) is 0 Å². The highest BCUT2D eigenvalue weighted by molar-refractivity contribution is 5.85. The van der Waals surface area contributed by atoms with E-state index in [1.54, 1.807) is 12.4 Å². The van der Waals surface area contributed by atoms with Crippen molar-refractivity contribution >= 4 is 30.7 Å². The first-order chi connectivity index (χ1) is 11.2. The molecular weight excluding hydrogens is 357 g/mol. The van der Waals surface area contributed by atoms with E-state index in [1.165, 1.54) is 12.8 Å². The first kappa shape index (κ1) is 21.4. The van der Waals surface area contributed by atoms with Crippen molar-refractivity contribution in [3.8, 4) is 11.1 Å². The third-order valence-corrected chi connectivity index (χ3v) is 4.22. The van der Waals surface area contributed by atoms with E-state index in [0.29, 0.717) is 6.54 Å². The van der Waals surface area contributed by atoms with E-state index in [-0.39, 0.29) is 36.8 Å². The molecule has 2 N–H and O–H groups in total. The molecule has 1 fully saturated rings. The molecule has 0 spiro atoms. The van der Waals surface area contributed by atoms with Crippen LogP contribution in [0.2, 0.25) is 0 Å². The summed E-state index contributed by atoms with van der Waals surface area (Å²) in [4.78, 5) is 16.0. The number of nitrogens with zero attached hydrogens (tertiary/aromatic N) is 1. The van der Waals surface area contributed by atoms with Gasteiger partial charge in [0.15, 0.2) is 0 Å². The van der Waals surface area contributed by atoms with Crippen molar-refractivity contribution in [3.63, 3.8) is 0 Å². The highest BCUT2D eigenvalue weighted by Crippen LogP contribution is 2.27. The number of nitrogens with one attached hydrogen (secondary N) is 2. The number of hydrogen-bond acceptors (Lipinski definition) is 3. The highest BCUT2D eigenvalue weighted by atomic mass is 35.5. The lowest BCUT2D eigenvalue weighted by Gasteiger charge is -2.15. The number of pyridine rings is 1. The highest BCUT2D eigenvalue weighted by Gasteiger charge is 2.20. The predicted molar refractivity (Wildman–Crippen MR) is 106 cm³/mol. The quantitative estimate of drug-likeness (QED) is 0.767. The fraction of sp³-hybridized carbons (Fsp3) is 0.368. The first-order valence-electron chi connectivity index (χ1n) is 8.23. The van der Waals surface area contributed by atoms with Crippen LogP contribution in [0.3, 0.4) is 0 Å². The van der Waals surface area contributed by atoms with E-state index in [9.17, 15) is 4.79 Å². The molecule has 1 aromatic carbocycles. The lowest BCUT2D eigenvalue weighted by atomic mass is 10.0. The molecule has 1 saturated carbocycles. The standard InChI is InChI=1S/C19H23N3O.2ClH/c1-14(22-19(23)13-21-12-15-2-3-15)16-4-6-17(7-5-16)18-8-10-20-11-9-18;;/h4-11,14-15,21H,2-3,12-13H2,1H3,(H,22,23);2*1H. The van der Waals surface area contributed by atoms with E-state index in [1.807, 2.05) is 19.1 Å². The molecular formula is C19H25Cl2N3O. The van der Waals surface area contributed by atoms with Crippen molar-refractivity contribution in [1.82, 2.24) is 15.6 Å². The van der Waals surface area contributed by atoms with Gasteiger partial charge in [0.1, 0.15) is 0 Å². The van der Waals surface area contributed by atoms with E-state index < -0.39 is 0 Å². The van der Waals surface area contributed by atoms with Gasteiger partial charge in [-0.05, 0) is 61.1 Å². The Morgan fingerprint density at radius 3 is 2.28 bits per heavy atom. The molecule has 0 bridgehead atoms. The fourth-order valence-electron chi connectivity index (χ4n) is 2.60. The molecule has 4 nitrogen and oxygen atoms in total. The van der Waals surface area contributed by atoms with Gasteiger partial charge < -0.3 is 10.6 Å². The lowest BCUT2D eigenvalue weighted by molar-refractivity contribution is -0.120. The van der Waals surface area contributed by atoms with Crippen LogP contribution in [0.25, 0.3) is 11.1 Å². The molecule has 3 rings (SSSR count). The molecule has 136 valence electrons. The van der Waals surface area contributed by atoms with Crippen LogP contribution in [0.4, 0.5) is 0 Å². The van der Waals surface area contributed by atoms with Crippen molar-refractivity contribution in [3.05, 3.63) is 54.4 Å². The normalized spacial score (nSPS) is 14.0. The Hall–Kier alpha value is -1.62. The van der Waals surface area contributed by atoms with Gasteiger partial charge in [0, 0.05) is 12.4 Å². The smallest absolute Gasteiger partial charge is 0.234 e. The molecule has 1 amide bonds. The van der Waals surface area contributed by atoms with Gasteiger partial charge in [-0.3, -0.25) is 9.78 Å². The summed E-state index contributed by atoms with van der Waals surface area (Å²) in [5.74, 6) is 0.845. The van der Waals surface area contributed by atoms with Gasteiger partial charge in [0.2, 0.25) is 5.91 Å². The van der Waals surface area contributed by atoms with Crippen molar-refractivity contribution in [2.45, 2.75) is 25.8 Å². The van der Waals surface area contributed by atoms with E-state index >= 15 is 0 Å². The van der Waals surface area contributed by atoms with Crippen LogP contribution in [-0.4, -0.2) is 24.0 Å². The van der Waals surface area contributed by atoms with E-state index in [4.69, 9.17) is 0 Å². The Labute approximate surface area is 161 Å². The topological polar surface area (TPSA) is 54.0 Å². The summed E-state index contributed by atoms with van der Waals surface area (Å²) in [6, 6.07) is 12.3. The lowest BCUT2D eigenvalue weighted by Crippen LogP contribution is -2.36. The second-order valence-electron chi connectivity index (χ2n) is 6.22. The van der Waals surface area contributed by atoms with Crippen molar-refractivity contribution in [1.29, 1.82) is 0 Å². The number of carbonyl (C=O) groups is 1. The molecule has 1 aliphatic carbocycles. The SMILES string of the molecule is CC(NC(=O)CNCC1CC1)c1ccc(-c2ccncc2)cc1.Cl.Cl. The minimum absolute atomic E-state index is 0. The van der Waals surface area contributed by atoms with Crippen LogP contribution >= 0.6 is 24.8 Å². The third-order valence-electron chi connectivity index (χ3n) is 4.22. The zero-order valence-corrected chi connectivity index (χ0v) is 15.9. The average Bonchev–Trinajstić information content (AvgIpc) is 3.40. The molecule has 2 aromatic rings. The van der Waals surface area contributed by atoms with Crippen molar-refractivity contribution in [2.24, 2.45) is 5.92 Å². The van der Waals surface area contributed by atoms with E-state index in [0.717, 1.165) is 29.2 Å². The summed E-state index contributed by atoms with van der Waals surface area (Å²) in [5, 5.41) is 6.25. The van der Waals surface area contributed by atoms with Crippen LogP contribution in [0.1, 0.15) is 31.4 Å². The molecule has 1 heterocycles. The molecule has 1 unspecified atom stereocenters. The maximum atomic E-state index is 11.9. The molecule has 1 aliphatic rings. The van der Waals surface area contributed by atoms with E-state index in [2.05, 4.69) is 39.9 Å². The molecule has 25 heavy (non-hydrogen) atoms. The number of aromatic nitrogens is 1. The average molecular weight is 382 g/mol. The summed E-state index contributed by atoms with van der Waals surface area (Å²) < 4.78 is 0. The van der Waals surface area contributed by atoms with Gasteiger partial charge in [0.25, 0.3) is 0 Å². The second-order valence-corrected chi connectivity index (χ2v) is 6.22. The molecule has 1 aromatic heterocycles. The van der Waals surface area contributed by atoms with Crippen molar-refractivity contribution in [2.75, 3.05) is 13.1 Å². The minimum atomic E-state index is 0. The molecule has 6 heteroatoms. The number of carbonyl (C=O) groups excluding carboxylic acids is 1. The zero-order chi connectivity index (χ0) is 16.1.